The van der Waals surface area contributed by atoms with Crippen molar-refractivity contribution in [3.63, 3.8) is 0 Å². The number of hydrogen-bond acceptors (Lipinski definition) is 5. The average Bonchev–Trinajstić information content (AvgIpc) is 2.55. The van der Waals surface area contributed by atoms with Gasteiger partial charge in [-0.25, -0.2) is 0 Å². The molecule has 0 saturated heterocycles. The van der Waals surface area contributed by atoms with E-state index < -0.39 is 10.7 Å². The summed E-state index contributed by atoms with van der Waals surface area (Å²) < 4.78 is 24.5. The zero-order valence-electron chi connectivity index (χ0n) is 13.2. The summed E-state index contributed by atoms with van der Waals surface area (Å²) in [4.78, 5) is 22.8. The summed E-state index contributed by atoms with van der Waals surface area (Å²) in [5.74, 6) is -2.86. The van der Waals surface area contributed by atoms with Gasteiger partial charge < -0.3 is 10.6 Å². The lowest BCUT2D eigenvalue weighted by molar-refractivity contribution is -0.385. The minimum absolute atomic E-state index is 0.0301. The monoisotopic (exact) mass is 367 g/mol. The van der Waals surface area contributed by atoms with Gasteiger partial charge in [-0.05, 0) is 37.3 Å². The van der Waals surface area contributed by atoms with Crippen molar-refractivity contribution < 1.29 is 18.5 Å². The first-order valence-electron chi connectivity index (χ1n) is 7.19. The first-order valence-corrected chi connectivity index (χ1v) is 8.07. The number of nitrogens with one attached hydrogen (secondary N) is 2. The second-order valence-electron chi connectivity index (χ2n) is 5.01. The number of hydrogen-bond donors (Lipinski definition) is 2. The van der Waals surface area contributed by atoms with Crippen molar-refractivity contribution in [2.45, 2.75) is 17.6 Å². The maximum Gasteiger partial charge on any atom is 0.288 e. The molecule has 0 spiro atoms. The Morgan fingerprint density at radius 1 is 1.24 bits per heavy atom. The second kappa shape index (κ2) is 8.43. The van der Waals surface area contributed by atoms with E-state index in [4.69, 9.17) is 0 Å². The van der Waals surface area contributed by atoms with Gasteiger partial charge in [0.25, 0.3) is 11.4 Å². The molecule has 9 heteroatoms. The molecule has 0 atom stereocenters. The normalized spacial score (nSPS) is 10.6. The molecule has 0 aromatic heterocycles. The highest BCUT2D eigenvalue weighted by Crippen LogP contribution is 2.26. The maximum absolute atomic E-state index is 12.2. The smallest absolute Gasteiger partial charge is 0.288 e. The van der Waals surface area contributed by atoms with Crippen LogP contribution in [0.2, 0.25) is 0 Å². The molecule has 0 radical (unpaired) electrons. The van der Waals surface area contributed by atoms with Crippen LogP contribution in [0.5, 0.6) is 0 Å². The summed E-state index contributed by atoms with van der Waals surface area (Å²) in [6, 6.07) is 10.6. The number of anilines is 2. The zero-order valence-corrected chi connectivity index (χ0v) is 14.0. The molecular formula is C16H15F2N3O3S. The summed E-state index contributed by atoms with van der Waals surface area (Å²) in [6.45, 7) is 1.51. The Balaban J connectivity index is 1.93. The average molecular weight is 367 g/mol. The Morgan fingerprint density at radius 2 is 1.92 bits per heavy atom. The molecule has 2 aromatic rings. The van der Waals surface area contributed by atoms with Crippen LogP contribution in [0.3, 0.4) is 0 Å². The van der Waals surface area contributed by atoms with Crippen LogP contribution >= 0.6 is 11.8 Å². The molecule has 1 amide bonds. The standard InChI is InChI=1S/C16H15F2N3O3S/c1-10-13(3-2-4-14(10)21(23)24)19-9-15(22)20-11-5-7-12(8-6-11)25-16(17)18/h2-8,16,19H,9H2,1H3,(H,20,22). The van der Waals surface area contributed by atoms with Crippen LogP contribution in [0.25, 0.3) is 0 Å². The molecule has 2 aromatic carbocycles. The minimum atomic E-state index is -2.50. The van der Waals surface area contributed by atoms with E-state index in [2.05, 4.69) is 10.6 Å². The first kappa shape index (κ1) is 18.7. The lowest BCUT2D eigenvalue weighted by atomic mass is 10.1. The second-order valence-corrected chi connectivity index (χ2v) is 6.07. The van der Waals surface area contributed by atoms with Gasteiger partial charge in [-0.1, -0.05) is 17.8 Å². The van der Waals surface area contributed by atoms with Gasteiger partial charge in [0, 0.05) is 27.9 Å². The number of rotatable bonds is 7. The molecule has 6 nitrogen and oxygen atoms in total. The van der Waals surface area contributed by atoms with Gasteiger partial charge in [0.2, 0.25) is 5.91 Å². The Bertz CT molecular complexity index is 770. The Labute approximate surface area is 146 Å². The van der Waals surface area contributed by atoms with E-state index in [1.54, 1.807) is 13.0 Å². The highest BCUT2D eigenvalue weighted by molar-refractivity contribution is 7.99. The molecule has 132 valence electrons. The largest absolute Gasteiger partial charge is 0.376 e. The number of benzene rings is 2. The summed E-state index contributed by atoms with van der Waals surface area (Å²) in [5.41, 5.74) is 1.38. The summed E-state index contributed by atoms with van der Waals surface area (Å²) in [6.07, 6.45) is 0. The number of halogens is 2. The van der Waals surface area contributed by atoms with E-state index in [1.165, 1.54) is 36.4 Å². The molecule has 2 N–H and O–H groups in total. The van der Waals surface area contributed by atoms with E-state index in [0.29, 0.717) is 33.6 Å². The number of alkyl halides is 2. The van der Waals surface area contributed by atoms with Gasteiger partial charge in [0.15, 0.2) is 0 Å². The van der Waals surface area contributed by atoms with Gasteiger partial charge in [-0.2, -0.15) is 8.78 Å². The van der Waals surface area contributed by atoms with Gasteiger partial charge in [-0.15, -0.1) is 0 Å². The van der Waals surface area contributed by atoms with E-state index in [1.807, 2.05) is 0 Å². The van der Waals surface area contributed by atoms with Crippen molar-refractivity contribution in [1.29, 1.82) is 0 Å². The number of carbonyl (C=O) groups excluding carboxylic acids is 1. The van der Waals surface area contributed by atoms with Crippen molar-refractivity contribution in [1.82, 2.24) is 0 Å². The number of nitro groups is 1. The summed E-state index contributed by atoms with van der Waals surface area (Å²) >= 11 is 0.425. The molecule has 0 aliphatic heterocycles. The van der Waals surface area contributed by atoms with E-state index >= 15 is 0 Å². The Hall–Kier alpha value is -2.68. The third-order valence-corrected chi connectivity index (χ3v) is 4.03. The molecule has 0 saturated carbocycles. The Kier molecular flexibility index (Phi) is 6.29. The van der Waals surface area contributed by atoms with Crippen molar-refractivity contribution in [3.05, 3.63) is 58.1 Å². The maximum atomic E-state index is 12.2. The van der Waals surface area contributed by atoms with Crippen molar-refractivity contribution in [3.8, 4) is 0 Å². The predicted octanol–water partition coefficient (Wildman–Crippen LogP) is 4.27. The highest BCUT2D eigenvalue weighted by Gasteiger charge is 2.13. The van der Waals surface area contributed by atoms with Crippen molar-refractivity contribution in [2.24, 2.45) is 0 Å². The fourth-order valence-corrected chi connectivity index (χ4v) is 2.61. The van der Waals surface area contributed by atoms with Crippen LogP contribution < -0.4 is 10.6 Å². The third kappa shape index (κ3) is 5.42. The van der Waals surface area contributed by atoms with E-state index in [9.17, 15) is 23.7 Å². The summed E-state index contributed by atoms with van der Waals surface area (Å²) in [7, 11) is 0. The lowest BCUT2D eigenvalue weighted by Gasteiger charge is -2.10. The fraction of sp³-hybridized carbons (Fsp3) is 0.188. The number of carbonyl (C=O) groups is 1. The molecule has 0 fully saturated rings. The van der Waals surface area contributed by atoms with Gasteiger partial charge in [0.05, 0.1) is 11.5 Å². The number of thioether (sulfide) groups is 1. The molecule has 0 bridgehead atoms. The molecular weight excluding hydrogens is 352 g/mol. The SMILES string of the molecule is Cc1c(NCC(=O)Nc2ccc(SC(F)F)cc2)cccc1[N+](=O)[O-]. The molecule has 0 aliphatic carbocycles. The lowest BCUT2D eigenvalue weighted by Crippen LogP contribution is -2.22. The van der Waals surface area contributed by atoms with Crippen LogP contribution in [0, 0.1) is 17.0 Å². The van der Waals surface area contributed by atoms with Crippen LogP contribution in [-0.4, -0.2) is 23.1 Å². The number of nitro benzene ring substituents is 1. The van der Waals surface area contributed by atoms with Crippen molar-refractivity contribution in [2.75, 3.05) is 17.2 Å². The molecule has 0 aliphatic rings. The molecule has 25 heavy (non-hydrogen) atoms. The predicted molar refractivity (Wildman–Crippen MR) is 93.3 cm³/mol. The zero-order chi connectivity index (χ0) is 18.4. The third-order valence-electron chi connectivity index (χ3n) is 3.30. The van der Waals surface area contributed by atoms with Crippen LogP contribution in [0.1, 0.15) is 5.56 Å². The van der Waals surface area contributed by atoms with Gasteiger partial charge >= 0.3 is 0 Å². The fourth-order valence-electron chi connectivity index (χ4n) is 2.11. The van der Waals surface area contributed by atoms with Crippen LogP contribution in [0.4, 0.5) is 25.8 Å². The van der Waals surface area contributed by atoms with E-state index in [0.717, 1.165) is 0 Å². The van der Waals surface area contributed by atoms with Crippen LogP contribution in [-0.2, 0) is 4.79 Å². The molecule has 0 unspecified atom stereocenters. The van der Waals surface area contributed by atoms with Crippen molar-refractivity contribution >= 4 is 34.7 Å². The van der Waals surface area contributed by atoms with Gasteiger partial charge in [-0.3, -0.25) is 14.9 Å². The van der Waals surface area contributed by atoms with Crippen LogP contribution in [0.15, 0.2) is 47.4 Å². The number of amides is 1. The highest BCUT2D eigenvalue weighted by atomic mass is 32.2. The first-order chi connectivity index (χ1) is 11.9. The number of nitrogens with zero attached hydrogens (tertiary/aromatic N) is 1. The summed E-state index contributed by atoms with van der Waals surface area (Å²) in [5, 5.41) is 16.4. The van der Waals surface area contributed by atoms with E-state index in [-0.39, 0.29) is 18.1 Å². The molecule has 0 heterocycles. The van der Waals surface area contributed by atoms with Gasteiger partial charge in [0.1, 0.15) is 0 Å². The Morgan fingerprint density at radius 3 is 2.52 bits per heavy atom. The topological polar surface area (TPSA) is 84.3 Å². The molecule has 2 rings (SSSR count). The quantitative estimate of drug-likeness (QED) is 0.434. The minimum Gasteiger partial charge on any atom is -0.376 e.